The normalized spacial score (nSPS) is 11.5. The molecule has 0 fully saturated rings. The maximum absolute atomic E-state index is 14.1. The fourth-order valence-electron chi connectivity index (χ4n) is 4.69. The fourth-order valence-corrected chi connectivity index (χ4v) is 8.75. The molecule has 2 amide bonds. The van der Waals surface area contributed by atoms with Gasteiger partial charge >= 0.3 is 0 Å². The van der Waals surface area contributed by atoms with Crippen LogP contribution in [0.25, 0.3) is 0 Å². The predicted octanol–water partition coefficient (Wildman–Crippen LogP) is 2.33. The van der Waals surface area contributed by atoms with Crippen LogP contribution in [0.15, 0.2) is 151 Å². The summed E-state index contributed by atoms with van der Waals surface area (Å²) in [7, 11) is -7.40. The Morgan fingerprint density at radius 2 is 1.15 bits per heavy atom. The third-order valence-corrected chi connectivity index (χ3v) is 11.0. The van der Waals surface area contributed by atoms with E-state index in [4.69, 9.17) is 30.2 Å². The Hall–Kier alpha value is -4.97. The average molecular weight is 707 g/mol. The van der Waals surface area contributed by atoms with E-state index in [1.807, 2.05) is 96.8 Å². The highest BCUT2D eigenvalue weighted by molar-refractivity contribution is 7.98. The second-order valence-electron chi connectivity index (χ2n) is 9.86. The number of carbonyl (C=O) groups excluding carboxylic acids is 2. The van der Waals surface area contributed by atoms with E-state index in [2.05, 4.69) is 10.6 Å². The molecule has 48 heavy (non-hydrogen) atoms. The van der Waals surface area contributed by atoms with Gasteiger partial charge in [0.1, 0.15) is 34.7 Å². The largest absolute Gasteiger partial charge is 0.319 e. The molecular formula is C34H27Cl2N3O8P+. The first-order chi connectivity index (χ1) is 22.9. The van der Waals surface area contributed by atoms with Gasteiger partial charge in [0.05, 0.1) is 30.5 Å². The Labute approximate surface area is 283 Å². The smallest absolute Gasteiger partial charge is 0.275 e. The van der Waals surface area contributed by atoms with E-state index in [0.29, 0.717) is 5.56 Å². The summed E-state index contributed by atoms with van der Waals surface area (Å²) in [5, 5.41) is 19.7. The highest BCUT2D eigenvalue weighted by Crippen LogP contribution is 2.57. The first-order valence-corrected chi connectivity index (χ1v) is 17.4. The van der Waals surface area contributed by atoms with Crippen molar-refractivity contribution < 1.29 is 43.4 Å². The van der Waals surface area contributed by atoms with E-state index in [9.17, 15) is 19.7 Å². The SMILES string of the molecule is O=C(Nc1ccc([N+](=O)[O-])cc1Cl)C(=C[P+](c1ccccc1)(c1ccccc1)c1ccccc1)NC(=O)c1ccccc1.[O-][Cl+3]([O-])([O-])O. The van der Waals surface area contributed by atoms with Crippen LogP contribution in [0.4, 0.5) is 11.4 Å². The summed E-state index contributed by atoms with van der Waals surface area (Å²) < 4.78 is 32.7. The quantitative estimate of drug-likeness (QED) is 0.0900. The van der Waals surface area contributed by atoms with Crippen molar-refractivity contribution in [1.29, 1.82) is 0 Å². The zero-order chi connectivity index (χ0) is 34.7. The topological polar surface area (TPSA) is 191 Å². The summed E-state index contributed by atoms with van der Waals surface area (Å²) in [6.45, 7) is 0. The third-order valence-electron chi connectivity index (χ3n) is 6.75. The van der Waals surface area contributed by atoms with Gasteiger partial charge in [-0.05, 0) is 54.6 Å². The number of non-ortho nitro benzene ring substituents is 1. The highest BCUT2D eigenvalue weighted by atomic mass is 35.7. The summed E-state index contributed by atoms with van der Waals surface area (Å²) in [4.78, 5) is 38.2. The number of amides is 2. The van der Waals surface area contributed by atoms with E-state index in [1.165, 1.54) is 12.1 Å². The van der Waals surface area contributed by atoms with Crippen molar-refractivity contribution in [2.45, 2.75) is 0 Å². The number of nitrogens with zero attached hydrogens (tertiary/aromatic N) is 1. The molecule has 5 aromatic carbocycles. The van der Waals surface area contributed by atoms with Crippen LogP contribution in [-0.4, -0.2) is 21.4 Å². The number of hydrogen-bond donors (Lipinski definition) is 3. The van der Waals surface area contributed by atoms with Crippen LogP contribution in [0.1, 0.15) is 10.4 Å². The molecule has 5 rings (SSSR count). The number of nitro groups is 1. The first kappa shape index (κ1) is 35.9. The number of halogens is 2. The molecule has 0 aliphatic carbocycles. The Morgan fingerprint density at radius 1 is 0.729 bits per heavy atom. The van der Waals surface area contributed by atoms with Crippen molar-refractivity contribution in [3.8, 4) is 0 Å². The average Bonchev–Trinajstić information content (AvgIpc) is 3.08. The Bertz CT molecular complexity index is 1790. The molecule has 0 aliphatic rings. The van der Waals surface area contributed by atoms with Crippen LogP contribution in [0.5, 0.6) is 0 Å². The minimum absolute atomic E-state index is 0.00756. The van der Waals surface area contributed by atoms with Crippen molar-refractivity contribution in [3.63, 3.8) is 0 Å². The van der Waals surface area contributed by atoms with E-state index in [1.54, 1.807) is 30.3 Å². The number of rotatable bonds is 9. The second-order valence-corrected chi connectivity index (χ2v) is 14.3. The second kappa shape index (κ2) is 16.2. The van der Waals surface area contributed by atoms with Crippen LogP contribution >= 0.6 is 18.9 Å². The minimum atomic E-state index is -4.69. The van der Waals surface area contributed by atoms with Gasteiger partial charge in [-0.15, -0.1) is 0 Å². The molecule has 0 radical (unpaired) electrons. The molecule has 0 saturated heterocycles. The summed E-state index contributed by atoms with van der Waals surface area (Å²) in [6.07, 6.45) is 0. The molecule has 11 nitrogen and oxygen atoms in total. The summed E-state index contributed by atoms with van der Waals surface area (Å²) >= 11 is 6.33. The summed E-state index contributed by atoms with van der Waals surface area (Å²) in [5.41, 5.74) is 0.337. The Kier molecular flexibility index (Phi) is 12.1. The van der Waals surface area contributed by atoms with Crippen LogP contribution in [-0.2, 0) is 4.79 Å². The third kappa shape index (κ3) is 9.54. The molecule has 0 saturated carbocycles. The monoisotopic (exact) mass is 706 g/mol. The van der Waals surface area contributed by atoms with Gasteiger partial charge in [-0.3, -0.25) is 19.7 Å². The van der Waals surface area contributed by atoms with Gasteiger partial charge in [0, 0.05) is 17.7 Å². The zero-order valence-electron chi connectivity index (χ0n) is 24.8. The molecule has 0 unspecified atom stereocenters. The highest BCUT2D eigenvalue weighted by Gasteiger charge is 2.45. The fraction of sp³-hybridized carbons (Fsp3) is 0. The van der Waals surface area contributed by atoms with Gasteiger partial charge in [0.25, 0.3) is 17.5 Å². The summed E-state index contributed by atoms with van der Waals surface area (Å²) in [5.74, 6) is 0.749. The number of benzene rings is 5. The molecular weight excluding hydrogens is 680 g/mol. The molecule has 0 atom stereocenters. The van der Waals surface area contributed by atoms with Crippen LogP contribution < -0.4 is 40.5 Å². The molecule has 0 aromatic heterocycles. The van der Waals surface area contributed by atoms with Gasteiger partial charge in [-0.25, -0.2) is 0 Å². The molecule has 0 heterocycles. The molecule has 0 bridgehead atoms. The maximum Gasteiger partial charge on any atom is 0.275 e. The molecule has 244 valence electrons. The maximum atomic E-state index is 14.1. The van der Waals surface area contributed by atoms with Crippen molar-refractivity contribution in [3.05, 3.63) is 172 Å². The van der Waals surface area contributed by atoms with E-state index in [0.717, 1.165) is 22.0 Å². The molecule has 5 aromatic rings. The zero-order valence-corrected chi connectivity index (χ0v) is 27.2. The van der Waals surface area contributed by atoms with Crippen molar-refractivity contribution in [2.24, 2.45) is 0 Å². The van der Waals surface area contributed by atoms with Gasteiger partial charge in [0.2, 0.25) is 0 Å². The predicted molar refractivity (Wildman–Crippen MR) is 176 cm³/mol. The van der Waals surface area contributed by atoms with Gasteiger partial charge in [0.15, 0.2) is 0 Å². The molecule has 3 N–H and O–H groups in total. The van der Waals surface area contributed by atoms with Gasteiger partial charge in [-0.2, -0.15) is 14.0 Å². The van der Waals surface area contributed by atoms with Crippen molar-refractivity contribution >= 4 is 58.0 Å². The lowest BCUT2D eigenvalue weighted by Gasteiger charge is -2.25. The lowest BCUT2D eigenvalue weighted by atomic mass is 10.2. The molecule has 0 spiro atoms. The Morgan fingerprint density at radius 3 is 1.54 bits per heavy atom. The lowest BCUT2D eigenvalue weighted by Crippen LogP contribution is -2.58. The van der Waals surface area contributed by atoms with Crippen LogP contribution in [0.3, 0.4) is 0 Å². The molecule has 0 aliphatic heterocycles. The van der Waals surface area contributed by atoms with E-state index < -0.39 is 34.2 Å². The number of nitrogens with one attached hydrogen (secondary N) is 2. The van der Waals surface area contributed by atoms with Gasteiger partial charge in [-0.1, -0.05) is 84.4 Å². The van der Waals surface area contributed by atoms with E-state index >= 15 is 0 Å². The van der Waals surface area contributed by atoms with E-state index in [-0.39, 0.29) is 22.1 Å². The van der Waals surface area contributed by atoms with Crippen LogP contribution in [0.2, 0.25) is 5.02 Å². The number of carbonyl (C=O) groups is 2. The lowest BCUT2D eigenvalue weighted by molar-refractivity contribution is -1.92. The number of hydrogen-bond acceptors (Lipinski definition) is 8. The standard InChI is InChI=1S/C34H25ClN3O4P.ClHO4/c35-30-23-26(38(41)42)21-22-31(30)36-34(40)32(37-33(39)25-13-5-1-6-14-25)24-43(27-15-7-2-8-16-27,28-17-9-3-10-18-28)29-19-11-4-12-20-29;2-1(3,4)5/h1-24H,(H-,36,37,39,40);(H,2,3,4,5)/p+1. The van der Waals surface area contributed by atoms with Crippen LogP contribution in [0, 0.1) is 20.4 Å². The summed E-state index contributed by atoms with van der Waals surface area (Å²) in [6, 6.07) is 42.0. The minimum Gasteiger partial charge on any atom is -0.319 e. The number of nitro benzene ring substituents is 1. The Balaban J connectivity index is 0.000000968. The van der Waals surface area contributed by atoms with Gasteiger partial charge < -0.3 is 10.6 Å². The first-order valence-electron chi connectivity index (χ1n) is 13.9. The number of anilines is 1. The van der Waals surface area contributed by atoms with Crippen molar-refractivity contribution in [2.75, 3.05) is 5.32 Å². The molecule has 14 heteroatoms. The van der Waals surface area contributed by atoms with Crippen molar-refractivity contribution in [1.82, 2.24) is 5.32 Å².